The van der Waals surface area contributed by atoms with E-state index in [1.807, 2.05) is 32.0 Å². The summed E-state index contributed by atoms with van der Waals surface area (Å²) in [4.78, 5) is 44.8. The Morgan fingerprint density at radius 1 is 1.00 bits per heavy atom. The number of nitrogens with one attached hydrogen (secondary N) is 2. The molecule has 2 N–H and O–H groups in total. The average Bonchev–Trinajstić information content (AvgIpc) is 3.22. The molecule has 0 aliphatic carbocycles. The minimum absolute atomic E-state index is 0.311. The van der Waals surface area contributed by atoms with Gasteiger partial charge in [-0.3, -0.25) is 19.0 Å². The van der Waals surface area contributed by atoms with Gasteiger partial charge in [0, 0.05) is 11.8 Å². The summed E-state index contributed by atoms with van der Waals surface area (Å²) in [6.45, 7) is 7.23. The lowest BCUT2D eigenvalue weighted by atomic mass is 10.1. The van der Waals surface area contributed by atoms with Gasteiger partial charge in [-0.15, -0.1) is 11.3 Å². The standard InChI is InChI=1S/C27H28N4O5S/c1-14-7-9-19(15(2)11-14)29-25(33)23-16(3)22-26(37-23)28-13-31(27(22)34)17(4)24(32)30-20-12-18(35-5)8-10-21(20)36-6/h7-13,17H,1-6H3,(H,29,33)(H,30,32). The monoisotopic (exact) mass is 520 g/mol. The number of rotatable bonds is 7. The molecule has 0 aliphatic rings. The van der Waals surface area contributed by atoms with Gasteiger partial charge in [0.1, 0.15) is 22.4 Å². The van der Waals surface area contributed by atoms with E-state index in [2.05, 4.69) is 15.6 Å². The predicted molar refractivity (Wildman–Crippen MR) is 145 cm³/mol. The zero-order valence-corrected chi connectivity index (χ0v) is 22.3. The van der Waals surface area contributed by atoms with Crippen molar-refractivity contribution in [1.29, 1.82) is 0 Å². The molecule has 2 heterocycles. The molecule has 0 saturated carbocycles. The van der Waals surface area contributed by atoms with Crippen LogP contribution in [0.25, 0.3) is 10.2 Å². The van der Waals surface area contributed by atoms with Crippen LogP contribution in [0.5, 0.6) is 11.5 Å². The van der Waals surface area contributed by atoms with Crippen LogP contribution in [0, 0.1) is 20.8 Å². The topological polar surface area (TPSA) is 112 Å². The number of hydrogen-bond donors (Lipinski definition) is 2. The minimum Gasteiger partial charge on any atom is -0.497 e. The van der Waals surface area contributed by atoms with Crippen molar-refractivity contribution in [3.63, 3.8) is 0 Å². The summed E-state index contributed by atoms with van der Waals surface area (Å²) in [7, 11) is 3.02. The van der Waals surface area contributed by atoms with E-state index >= 15 is 0 Å². The van der Waals surface area contributed by atoms with Crippen molar-refractivity contribution in [2.75, 3.05) is 24.9 Å². The van der Waals surface area contributed by atoms with E-state index in [4.69, 9.17) is 9.47 Å². The van der Waals surface area contributed by atoms with Crippen molar-refractivity contribution in [2.24, 2.45) is 0 Å². The third kappa shape index (κ3) is 5.05. The highest BCUT2D eigenvalue weighted by Crippen LogP contribution is 2.31. The number of amides is 2. The molecule has 0 saturated heterocycles. The smallest absolute Gasteiger partial charge is 0.266 e. The molecule has 1 unspecified atom stereocenters. The fourth-order valence-electron chi connectivity index (χ4n) is 4.04. The number of anilines is 2. The molecule has 2 aromatic heterocycles. The molecule has 10 heteroatoms. The first-order valence-electron chi connectivity index (χ1n) is 11.6. The maximum Gasteiger partial charge on any atom is 0.266 e. The lowest BCUT2D eigenvalue weighted by Gasteiger charge is -2.17. The van der Waals surface area contributed by atoms with Crippen LogP contribution >= 0.6 is 11.3 Å². The third-order valence-electron chi connectivity index (χ3n) is 6.17. The number of benzene rings is 2. The fraction of sp³-hybridized carbons (Fsp3) is 0.259. The van der Waals surface area contributed by atoms with Gasteiger partial charge in [-0.25, -0.2) is 4.98 Å². The summed E-state index contributed by atoms with van der Waals surface area (Å²) >= 11 is 1.15. The van der Waals surface area contributed by atoms with Crippen LogP contribution in [0.1, 0.15) is 39.3 Å². The number of aromatic nitrogens is 2. The second kappa shape index (κ2) is 10.4. The molecule has 4 rings (SSSR count). The summed E-state index contributed by atoms with van der Waals surface area (Å²) in [6.07, 6.45) is 1.33. The van der Waals surface area contributed by atoms with Crippen molar-refractivity contribution in [1.82, 2.24) is 9.55 Å². The van der Waals surface area contributed by atoms with E-state index in [-0.39, 0.29) is 5.91 Å². The molecule has 37 heavy (non-hydrogen) atoms. The zero-order chi connectivity index (χ0) is 26.9. The molecule has 0 radical (unpaired) electrons. The summed E-state index contributed by atoms with van der Waals surface area (Å²) in [5.74, 6) is 0.254. The van der Waals surface area contributed by atoms with E-state index in [0.29, 0.717) is 43.5 Å². The van der Waals surface area contributed by atoms with Gasteiger partial charge < -0.3 is 20.1 Å². The summed E-state index contributed by atoms with van der Waals surface area (Å²) in [6, 6.07) is 9.92. The SMILES string of the molecule is COc1ccc(OC)c(NC(=O)C(C)n2cnc3sc(C(=O)Nc4ccc(C)cc4C)c(C)c3c2=O)c1. The Balaban J connectivity index is 1.63. The Kier molecular flexibility index (Phi) is 7.30. The number of fused-ring (bicyclic) bond motifs is 1. The third-order valence-corrected chi connectivity index (χ3v) is 7.37. The Labute approximate surface area is 218 Å². The van der Waals surface area contributed by atoms with E-state index < -0.39 is 17.5 Å². The van der Waals surface area contributed by atoms with Crippen molar-refractivity contribution in [3.8, 4) is 11.5 Å². The maximum atomic E-state index is 13.4. The van der Waals surface area contributed by atoms with Crippen molar-refractivity contribution in [3.05, 3.63) is 74.6 Å². The molecular formula is C27H28N4O5S. The normalized spacial score (nSPS) is 11.7. The van der Waals surface area contributed by atoms with Crippen LogP contribution < -0.4 is 25.7 Å². The van der Waals surface area contributed by atoms with Crippen LogP contribution in [-0.4, -0.2) is 35.6 Å². The first kappa shape index (κ1) is 25.9. The van der Waals surface area contributed by atoms with E-state index in [1.54, 1.807) is 32.0 Å². The van der Waals surface area contributed by atoms with Gasteiger partial charge in [0.2, 0.25) is 5.91 Å². The first-order valence-corrected chi connectivity index (χ1v) is 12.4. The number of hydrogen-bond acceptors (Lipinski definition) is 7. The molecule has 0 bridgehead atoms. The van der Waals surface area contributed by atoms with Crippen molar-refractivity contribution < 1.29 is 19.1 Å². The minimum atomic E-state index is -0.882. The van der Waals surface area contributed by atoms with E-state index in [0.717, 1.165) is 22.5 Å². The largest absolute Gasteiger partial charge is 0.497 e. The molecular weight excluding hydrogens is 492 g/mol. The second-order valence-corrected chi connectivity index (χ2v) is 9.70. The molecule has 4 aromatic rings. The number of aryl methyl sites for hydroxylation is 3. The van der Waals surface area contributed by atoms with E-state index in [1.165, 1.54) is 25.1 Å². The molecule has 0 fully saturated rings. The van der Waals surface area contributed by atoms with Gasteiger partial charge >= 0.3 is 0 Å². The Morgan fingerprint density at radius 3 is 2.43 bits per heavy atom. The molecule has 192 valence electrons. The summed E-state index contributed by atoms with van der Waals surface area (Å²) < 4.78 is 11.8. The van der Waals surface area contributed by atoms with Crippen LogP contribution in [-0.2, 0) is 4.79 Å². The van der Waals surface area contributed by atoms with Crippen molar-refractivity contribution in [2.45, 2.75) is 33.7 Å². The zero-order valence-electron chi connectivity index (χ0n) is 21.5. The van der Waals surface area contributed by atoms with Crippen LogP contribution in [0.4, 0.5) is 11.4 Å². The molecule has 2 amide bonds. The fourth-order valence-corrected chi connectivity index (χ4v) is 5.07. The Hall–Kier alpha value is -4.18. The Morgan fingerprint density at radius 2 is 1.76 bits per heavy atom. The predicted octanol–water partition coefficient (Wildman–Crippen LogP) is 4.85. The highest BCUT2D eigenvalue weighted by molar-refractivity contribution is 7.20. The average molecular weight is 521 g/mol. The molecule has 2 aromatic carbocycles. The number of carbonyl (C=O) groups excluding carboxylic acids is 2. The lowest BCUT2D eigenvalue weighted by Crippen LogP contribution is -2.32. The van der Waals surface area contributed by atoms with Crippen LogP contribution in [0.3, 0.4) is 0 Å². The molecule has 1 atom stereocenters. The quantitative estimate of drug-likeness (QED) is 0.360. The number of nitrogens with zero attached hydrogens (tertiary/aromatic N) is 2. The number of ether oxygens (including phenoxy) is 2. The van der Waals surface area contributed by atoms with Crippen molar-refractivity contribution >= 4 is 44.7 Å². The second-order valence-electron chi connectivity index (χ2n) is 8.70. The maximum absolute atomic E-state index is 13.4. The van der Waals surface area contributed by atoms with Gasteiger partial charge in [0.15, 0.2) is 0 Å². The van der Waals surface area contributed by atoms with Crippen LogP contribution in [0.15, 0.2) is 47.5 Å². The molecule has 0 spiro atoms. The van der Waals surface area contributed by atoms with E-state index in [9.17, 15) is 14.4 Å². The van der Waals surface area contributed by atoms with Gasteiger partial charge in [0.05, 0.1) is 36.5 Å². The first-order chi connectivity index (χ1) is 17.6. The van der Waals surface area contributed by atoms with Gasteiger partial charge in [0.25, 0.3) is 11.5 Å². The Bertz CT molecular complexity index is 1570. The summed E-state index contributed by atoms with van der Waals surface area (Å²) in [5.41, 5.74) is 3.29. The highest BCUT2D eigenvalue weighted by atomic mass is 32.1. The number of carbonyl (C=O) groups is 2. The molecule has 9 nitrogen and oxygen atoms in total. The highest BCUT2D eigenvalue weighted by Gasteiger charge is 2.24. The van der Waals surface area contributed by atoms with Crippen LogP contribution in [0.2, 0.25) is 0 Å². The van der Waals surface area contributed by atoms with Gasteiger partial charge in [-0.05, 0) is 57.0 Å². The number of methoxy groups -OCH3 is 2. The van der Waals surface area contributed by atoms with Gasteiger partial charge in [-0.1, -0.05) is 17.7 Å². The molecule has 0 aliphatic heterocycles. The van der Waals surface area contributed by atoms with Gasteiger partial charge in [-0.2, -0.15) is 0 Å². The lowest BCUT2D eigenvalue weighted by molar-refractivity contribution is -0.118. The number of thiophene rings is 1. The summed E-state index contributed by atoms with van der Waals surface area (Å²) in [5, 5.41) is 6.03.